The zero-order chi connectivity index (χ0) is 12.5. The predicted octanol–water partition coefficient (Wildman–Crippen LogP) is 2.42. The van der Waals surface area contributed by atoms with E-state index in [9.17, 15) is 0 Å². The van der Waals surface area contributed by atoms with E-state index >= 15 is 0 Å². The minimum Gasteiger partial charge on any atom is -0.385 e. The second kappa shape index (κ2) is 7.83. The third kappa shape index (κ3) is 5.48. The predicted molar refractivity (Wildman–Crippen MR) is 68.6 cm³/mol. The van der Waals surface area contributed by atoms with Gasteiger partial charge in [-0.1, -0.05) is 12.1 Å². The van der Waals surface area contributed by atoms with Gasteiger partial charge < -0.3 is 9.64 Å². The van der Waals surface area contributed by atoms with Crippen LogP contribution in [0.1, 0.15) is 24.0 Å². The summed E-state index contributed by atoms with van der Waals surface area (Å²) in [5.41, 5.74) is 1.92. The number of unbranched alkanes of at least 4 members (excludes halogenated alkanes) is 1. The molecule has 0 N–H and O–H groups in total. The van der Waals surface area contributed by atoms with Gasteiger partial charge in [-0.2, -0.15) is 5.26 Å². The van der Waals surface area contributed by atoms with E-state index in [1.165, 1.54) is 5.56 Å². The number of hydrogen-bond donors (Lipinski definition) is 0. The quantitative estimate of drug-likeness (QED) is 0.677. The summed E-state index contributed by atoms with van der Waals surface area (Å²) in [6.07, 6.45) is 2.24. The minimum atomic E-state index is 0.732. The van der Waals surface area contributed by atoms with Crippen LogP contribution < -0.4 is 0 Å². The van der Waals surface area contributed by atoms with Crippen LogP contribution in [-0.4, -0.2) is 32.2 Å². The number of methoxy groups -OCH3 is 1. The Hall–Kier alpha value is -1.37. The highest BCUT2D eigenvalue weighted by Gasteiger charge is 2.01. The summed E-state index contributed by atoms with van der Waals surface area (Å²) in [5.74, 6) is 0. The number of hydrogen-bond acceptors (Lipinski definition) is 3. The zero-order valence-corrected chi connectivity index (χ0v) is 10.6. The van der Waals surface area contributed by atoms with Gasteiger partial charge in [0.25, 0.3) is 0 Å². The van der Waals surface area contributed by atoms with Crippen LogP contribution in [0.2, 0.25) is 0 Å². The van der Waals surface area contributed by atoms with Crippen LogP contribution in [0.5, 0.6) is 0 Å². The van der Waals surface area contributed by atoms with E-state index in [0.29, 0.717) is 0 Å². The highest BCUT2D eigenvalue weighted by Crippen LogP contribution is 2.07. The molecule has 0 aromatic heterocycles. The maximum Gasteiger partial charge on any atom is 0.0991 e. The van der Waals surface area contributed by atoms with Gasteiger partial charge in [0.05, 0.1) is 11.6 Å². The topological polar surface area (TPSA) is 36.3 Å². The Balaban J connectivity index is 2.34. The molecule has 0 bridgehead atoms. The summed E-state index contributed by atoms with van der Waals surface area (Å²) < 4.78 is 5.02. The van der Waals surface area contributed by atoms with Crippen LogP contribution >= 0.6 is 0 Å². The Labute approximate surface area is 104 Å². The standard InChI is InChI=1S/C14H20N2O/c1-16(8-3-4-9-17-2)12-14-7-5-6-13(10-14)11-15/h5-7,10H,3-4,8-9,12H2,1-2H3. The summed E-state index contributed by atoms with van der Waals surface area (Å²) in [6, 6.07) is 9.95. The number of nitrogens with zero attached hydrogens (tertiary/aromatic N) is 2. The molecule has 92 valence electrons. The van der Waals surface area contributed by atoms with Crippen LogP contribution in [0, 0.1) is 11.3 Å². The summed E-state index contributed by atoms with van der Waals surface area (Å²) in [5, 5.41) is 8.82. The van der Waals surface area contributed by atoms with Crippen molar-refractivity contribution >= 4 is 0 Å². The summed E-state index contributed by atoms with van der Waals surface area (Å²) in [6.45, 7) is 2.78. The average molecular weight is 232 g/mol. The lowest BCUT2D eigenvalue weighted by Gasteiger charge is -2.16. The lowest BCUT2D eigenvalue weighted by Crippen LogP contribution is -2.19. The second-order valence-electron chi connectivity index (χ2n) is 4.25. The highest BCUT2D eigenvalue weighted by atomic mass is 16.5. The molecule has 0 heterocycles. The van der Waals surface area contributed by atoms with Crippen molar-refractivity contribution in [2.75, 3.05) is 27.3 Å². The lowest BCUT2D eigenvalue weighted by atomic mass is 10.1. The SMILES string of the molecule is COCCCCN(C)Cc1cccc(C#N)c1. The molecule has 0 unspecified atom stereocenters. The molecule has 0 saturated heterocycles. The van der Waals surface area contributed by atoms with Gasteiger partial charge in [0, 0.05) is 20.3 Å². The lowest BCUT2D eigenvalue weighted by molar-refractivity contribution is 0.186. The van der Waals surface area contributed by atoms with Gasteiger partial charge in [-0.3, -0.25) is 0 Å². The first-order valence-corrected chi connectivity index (χ1v) is 5.93. The molecule has 0 aliphatic rings. The second-order valence-corrected chi connectivity index (χ2v) is 4.25. The molecule has 3 heteroatoms. The van der Waals surface area contributed by atoms with E-state index in [-0.39, 0.29) is 0 Å². The molecule has 1 aromatic carbocycles. The van der Waals surface area contributed by atoms with Gasteiger partial charge in [-0.05, 0) is 44.1 Å². The van der Waals surface area contributed by atoms with Crippen LogP contribution in [0.4, 0.5) is 0 Å². The van der Waals surface area contributed by atoms with E-state index in [1.807, 2.05) is 18.2 Å². The number of rotatable bonds is 7. The average Bonchev–Trinajstić information content (AvgIpc) is 2.35. The Bertz CT molecular complexity index is 371. The molecule has 0 aliphatic carbocycles. The van der Waals surface area contributed by atoms with Crippen molar-refractivity contribution in [1.82, 2.24) is 4.90 Å². The normalized spacial score (nSPS) is 10.5. The van der Waals surface area contributed by atoms with Crippen LogP contribution in [0.3, 0.4) is 0 Å². The van der Waals surface area contributed by atoms with Crippen molar-refractivity contribution in [3.8, 4) is 6.07 Å². The van der Waals surface area contributed by atoms with E-state index in [1.54, 1.807) is 7.11 Å². The molecular formula is C14H20N2O. The zero-order valence-electron chi connectivity index (χ0n) is 10.6. The molecule has 0 radical (unpaired) electrons. The molecule has 1 rings (SSSR count). The molecule has 0 amide bonds. The van der Waals surface area contributed by atoms with Gasteiger partial charge >= 0.3 is 0 Å². The molecule has 0 atom stereocenters. The maximum absolute atomic E-state index is 8.82. The largest absolute Gasteiger partial charge is 0.385 e. The van der Waals surface area contributed by atoms with Crippen LogP contribution in [-0.2, 0) is 11.3 Å². The molecule has 0 fully saturated rings. The van der Waals surface area contributed by atoms with E-state index in [2.05, 4.69) is 24.1 Å². The summed E-state index contributed by atoms with van der Waals surface area (Å²) in [7, 11) is 3.84. The summed E-state index contributed by atoms with van der Waals surface area (Å²) >= 11 is 0. The van der Waals surface area contributed by atoms with Crippen LogP contribution in [0.25, 0.3) is 0 Å². The highest BCUT2D eigenvalue weighted by molar-refractivity contribution is 5.32. The van der Waals surface area contributed by atoms with Crippen molar-refractivity contribution in [2.45, 2.75) is 19.4 Å². The van der Waals surface area contributed by atoms with Crippen molar-refractivity contribution in [3.05, 3.63) is 35.4 Å². The van der Waals surface area contributed by atoms with Crippen molar-refractivity contribution in [2.24, 2.45) is 0 Å². The Morgan fingerprint density at radius 2 is 2.18 bits per heavy atom. The van der Waals surface area contributed by atoms with E-state index in [4.69, 9.17) is 10.00 Å². The van der Waals surface area contributed by atoms with Crippen molar-refractivity contribution < 1.29 is 4.74 Å². The summed E-state index contributed by atoms with van der Waals surface area (Å²) in [4.78, 5) is 2.27. The Morgan fingerprint density at radius 1 is 1.35 bits per heavy atom. The number of ether oxygens (including phenoxy) is 1. The van der Waals surface area contributed by atoms with Crippen LogP contribution in [0.15, 0.2) is 24.3 Å². The number of nitriles is 1. The molecule has 1 aromatic rings. The fourth-order valence-electron chi connectivity index (χ4n) is 1.76. The molecular weight excluding hydrogens is 212 g/mol. The van der Waals surface area contributed by atoms with Gasteiger partial charge in [-0.15, -0.1) is 0 Å². The first kappa shape index (κ1) is 13.7. The van der Waals surface area contributed by atoms with Crippen molar-refractivity contribution in [3.63, 3.8) is 0 Å². The van der Waals surface area contributed by atoms with Gasteiger partial charge in [0.1, 0.15) is 0 Å². The third-order valence-electron chi connectivity index (χ3n) is 2.65. The first-order chi connectivity index (χ1) is 8.26. The first-order valence-electron chi connectivity index (χ1n) is 5.93. The molecule has 17 heavy (non-hydrogen) atoms. The third-order valence-corrected chi connectivity index (χ3v) is 2.65. The van der Waals surface area contributed by atoms with Crippen molar-refractivity contribution in [1.29, 1.82) is 5.26 Å². The van der Waals surface area contributed by atoms with E-state index < -0.39 is 0 Å². The minimum absolute atomic E-state index is 0.732. The monoisotopic (exact) mass is 232 g/mol. The molecule has 0 aliphatic heterocycles. The number of benzene rings is 1. The fourth-order valence-corrected chi connectivity index (χ4v) is 1.76. The Morgan fingerprint density at radius 3 is 2.88 bits per heavy atom. The van der Waals surface area contributed by atoms with Gasteiger partial charge in [0.2, 0.25) is 0 Å². The molecule has 0 spiro atoms. The fraction of sp³-hybridized carbons (Fsp3) is 0.500. The van der Waals surface area contributed by atoms with Gasteiger partial charge in [-0.25, -0.2) is 0 Å². The van der Waals surface area contributed by atoms with Gasteiger partial charge in [0.15, 0.2) is 0 Å². The Kier molecular flexibility index (Phi) is 6.31. The maximum atomic E-state index is 8.82. The molecule has 3 nitrogen and oxygen atoms in total. The van der Waals surface area contributed by atoms with E-state index in [0.717, 1.165) is 38.1 Å². The molecule has 0 saturated carbocycles. The smallest absolute Gasteiger partial charge is 0.0991 e.